The van der Waals surface area contributed by atoms with Crippen molar-refractivity contribution in [1.82, 2.24) is 13.9 Å². The number of aromatic nitrogens is 2. The van der Waals surface area contributed by atoms with Gasteiger partial charge in [-0.3, -0.25) is 0 Å². The number of nitrogens with zero attached hydrogens (tertiary/aromatic N) is 3. The van der Waals surface area contributed by atoms with E-state index in [9.17, 15) is 17.2 Å². The first-order chi connectivity index (χ1) is 15.9. The van der Waals surface area contributed by atoms with Crippen molar-refractivity contribution in [3.05, 3.63) is 53.6 Å². The van der Waals surface area contributed by atoms with Gasteiger partial charge in [-0.25, -0.2) is 22.2 Å². The van der Waals surface area contributed by atoms with Gasteiger partial charge in [0.15, 0.2) is 5.16 Å². The molecule has 0 radical (unpaired) electrons. The quantitative estimate of drug-likeness (QED) is 0.451. The van der Waals surface area contributed by atoms with Crippen LogP contribution in [0.5, 0.6) is 0 Å². The van der Waals surface area contributed by atoms with Crippen LogP contribution in [0.3, 0.4) is 0 Å². The van der Waals surface area contributed by atoms with E-state index in [0.29, 0.717) is 36.9 Å². The standard InChI is InChI=1S/C23H25F2N3O3S2/c24-19-6-3-7-20(25)18(19)15-32-23-26-21-13-17(33(29,30)27-10-1-2-11-27)8-9-22(21)28(23)14-16-5-4-12-31-16/h3,6-9,13,16H,1-2,4-5,10-12,14-15H2. The van der Waals surface area contributed by atoms with Gasteiger partial charge in [0.2, 0.25) is 10.0 Å². The Hall–Kier alpha value is -2.01. The molecule has 3 aromatic rings. The fourth-order valence-electron chi connectivity index (χ4n) is 4.41. The summed E-state index contributed by atoms with van der Waals surface area (Å²) in [6, 6.07) is 8.81. The maximum Gasteiger partial charge on any atom is 0.243 e. The van der Waals surface area contributed by atoms with Crippen LogP contribution in [0.2, 0.25) is 0 Å². The lowest BCUT2D eigenvalue weighted by Gasteiger charge is -2.16. The average molecular weight is 494 g/mol. The van der Waals surface area contributed by atoms with Crippen LogP contribution >= 0.6 is 11.8 Å². The van der Waals surface area contributed by atoms with E-state index in [1.165, 1.54) is 34.3 Å². The van der Waals surface area contributed by atoms with Gasteiger partial charge in [-0.15, -0.1) is 0 Å². The molecule has 0 N–H and O–H groups in total. The predicted octanol–water partition coefficient (Wildman–Crippen LogP) is 4.57. The summed E-state index contributed by atoms with van der Waals surface area (Å²) in [5, 5.41) is 0.582. The van der Waals surface area contributed by atoms with Gasteiger partial charge in [0.25, 0.3) is 0 Å². The lowest BCUT2D eigenvalue weighted by atomic mass is 10.2. The number of imidazole rings is 1. The molecule has 1 unspecified atom stereocenters. The summed E-state index contributed by atoms with van der Waals surface area (Å²) in [5.41, 5.74) is 1.32. The van der Waals surface area contributed by atoms with E-state index < -0.39 is 21.7 Å². The maximum absolute atomic E-state index is 14.1. The van der Waals surface area contributed by atoms with E-state index in [0.717, 1.165) is 31.2 Å². The van der Waals surface area contributed by atoms with E-state index in [4.69, 9.17) is 4.74 Å². The minimum atomic E-state index is -3.57. The van der Waals surface area contributed by atoms with Gasteiger partial charge in [-0.1, -0.05) is 17.8 Å². The monoisotopic (exact) mass is 493 g/mol. The van der Waals surface area contributed by atoms with Crippen molar-refractivity contribution in [2.24, 2.45) is 0 Å². The van der Waals surface area contributed by atoms with Gasteiger partial charge in [0.1, 0.15) is 11.6 Å². The van der Waals surface area contributed by atoms with Crippen LogP contribution in [0.15, 0.2) is 46.5 Å². The molecule has 0 bridgehead atoms. The molecule has 3 heterocycles. The van der Waals surface area contributed by atoms with Crippen molar-refractivity contribution in [1.29, 1.82) is 0 Å². The zero-order valence-corrected chi connectivity index (χ0v) is 19.7. The Morgan fingerprint density at radius 1 is 1.09 bits per heavy atom. The zero-order valence-electron chi connectivity index (χ0n) is 18.0. The second kappa shape index (κ2) is 9.32. The normalized spacial score (nSPS) is 19.6. The van der Waals surface area contributed by atoms with Crippen molar-refractivity contribution in [3.8, 4) is 0 Å². The number of fused-ring (bicyclic) bond motifs is 1. The Bertz CT molecular complexity index is 1250. The highest BCUT2D eigenvalue weighted by Gasteiger charge is 2.28. The molecule has 0 amide bonds. The Morgan fingerprint density at radius 2 is 1.85 bits per heavy atom. The molecule has 176 valence electrons. The van der Waals surface area contributed by atoms with Crippen molar-refractivity contribution in [2.75, 3.05) is 19.7 Å². The number of halogens is 2. The molecule has 2 aliphatic heterocycles. The summed E-state index contributed by atoms with van der Waals surface area (Å²) in [5.74, 6) is -1.11. The summed E-state index contributed by atoms with van der Waals surface area (Å²) < 4.78 is 63.6. The fourth-order valence-corrected chi connectivity index (χ4v) is 6.99. The molecule has 6 nitrogen and oxygen atoms in total. The molecule has 1 aromatic heterocycles. The molecule has 1 atom stereocenters. The topological polar surface area (TPSA) is 64.4 Å². The lowest BCUT2D eigenvalue weighted by Crippen LogP contribution is -2.27. The molecule has 0 saturated carbocycles. The van der Waals surface area contributed by atoms with Crippen molar-refractivity contribution < 1.29 is 21.9 Å². The van der Waals surface area contributed by atoms with Gasteiger partial charge in [0.05, 0.1) is 28.6 Å². The Labute approximate surface area is 196 Å². The van der Waals surface area contributed by atoms with Gasteiger partial charge in [-0.2, -0.15) is 4.31 Å². The minimum Gasteiger partial charge on any atom is -0.376 e. The second-order valence-electron chi connectivity index (χ2n) is 8.39. The first-order valence-electron chi connectivity index (χ1n) is 11.1. The summed E-state index contributed by atoms with van der Waals surface area (Å²) in [6.07, 6.45) is 3.67. The number of benzene rings is 2. The summed E-state index contributed by atoms with van der Waals surface area (Å²) in [6.45, 7) is 2.32. The third-order valence-corrected chi connectivity index (χ3v) is 9.10. The molecule has 5 rings (SSSR count). The Kier molecular flexibility index (Phi) is 6.43. The van der Waals surface area contributed by atoms with Gasteiger partial charge in [0, 0.05) is 31.0 Å². The molecule has 2 aliphatic rings. The van der Waals surface area contributed by atoms with Crippen LogP contribution in [0.4, 0.5) is 8.78 Å². The third-order valence-electron chi connectivity index (χ3n) is 6.20. The second-order valence-corrected chi connectivity index (χ2v) is 11.3. The Balaban J connectivity index is 1.50. The zero-order chi connectivity index (χ0) is 23.0. The predicted molar refractivity (Wildman–Crippen MR) is 123 cm³/mol. The van der Waals surface area contributed by atoms with Crippen LogP contribution in [-0.2, 0) is 27.1 Å². The van der Waals surface area contributed by atoms with Crippen LogP contribution in [0, 0.1) is 11.6 Å². The van der Waals surface area contributed by atoms with Crippen LogP contribution < -0.4 is 0 Å². The number of ether oxygens (including phenoxy) is 1. The molecular formula is C23H25F2N3O3S2. The van der Waals surface area contributed by atoms with Gasteiger partial charge < -0.3 is 9.30 Å². The smallest absolute Gasteiger partial charge is 0.243 e. The van der Waals surface area contributed by atoms with E-state index in [2.05, 4.69) is 4.98 Å². The Morgan fingerprint density at radius 3 is 2.55 bits per heavy atom. The largest absolute Gasteiger partial charge is 0.376 e. The fraction of sp³-hybridized carbons (Fsp3) is 0.435. The molecule has 0 aliphatic carbocycles. The van der Waals surface area contributed by atoms with E-state index in [-0.39, 0.29) is 22.3 Å². The highest BCUT2D eigenvalue weighted by atomic mass is 32.2. The number of sulfonamides is 1. The third kappa shape index (κ3) is 4.53. The van der Waals surface area contributed by atoms with Gasteiger partial charge in [-0.05, 0) is 56.0 Å². The highest BCUT2D eigenvalue weighted by molar-refractivity contribution is 7.98. The summed E-state index contributed by atoms with van der Waals surface area (Å²) in [7, 11) is -3.57. The lowest BCUT2D eigenvalue weighted by molar-refractivity contribution is 0.0960. The van der Waals surface area contributed by atoms with E-state index >= 15 is 0 Å². The van der Waals surface area contributed by atoms with Crippen LogP contribution in [0.25, 0.3) is 11.0 Å². The molecule has 0 spiro atoms. The molecule has 2 saturated heterocycles. The van der Waals surface area contributed by atoms with Crippen molar-refractivity contribution >= 4 is 32.8 Å². The van der Waals surface area contributed by atoms with Crippen LogP contribution in [0.1, 0.15) is 31.2 Å². The number of thioether (sulfide) groups is 1. The summed E-state index contributed by atoms with van der Waals surface area (Å²) in [4.78, 5) is 4.89. The maximum atomic E-state index is 14.1. The average Bonchev–Trinajstić information content (AvgIpc) is 3.56. The number of hydrogen-bond donors (Lipinski definition) is 0. The van der Waals surface area contributed by atoms with E-state index in [1.807, 2.05) is 4.57 Å². The molecule has 2 fully saturated rings. The van der Waals surface area contributed by atoms with Gasteiger partial charge >= 0.3 is 0 Å². The number of hydrogen-bond acceptors (Lipinski definition) is 5. The first kappa shape index (κ1) is 22.8. The molecular weight excluding hydrogens is 468 g/mol. The van der Waals surface area contributed by atoms with Crippen LogP contribution in [-0.4, -0.2) is 48.1 Å². The summed E-state index contributed by atoms with van der Waals surface area (Å²) >= 11 is 1.23. The SMILES string of the molecule is O=S(=O)(c1ccc2c(c1)nc(SCc1c(F)cccc1F)n2CC1CCCO1)N1CCCC1. The van der Waals surface area contributed by atoms with Crippen molar-refractivity contribution in [3.63, 3.8) is 0 Å². The number of rotatable bonds is 7. The molecule has 2 aromatic carbocycles. The van der Waals surface area contributed by atoms with Crippen molar-refractivity contribution in [2.45, 2.75) is 54.1 Å². The molecule has 10 heteroatoms. The highest BCUT2D eigenvalue weighted by Crippen LogP contribution is 2.32. The molecule has 33 heavy (non-hydrogen) atoms. The first-order valence-corrected chi connectivity index (χ1v) is 13.5. The van der Waals surface area contributed by atoms with E-state index in [1.54, 1.807) is 18.2 Å². The minimum absolute atomic E-state index is 0.00415.